The van der Waals surface area contributed by atoms with Crippen LogP contribution in [0.3, 0.4) is 0 Å². The van der Waals surface area contributed by atoms with Crippen molar-refractivity contribution in [3.8, 4) is 0 Å². The van der Waals surface area contributed by atoms with Crippen molar-refractivity contribution in [2.75, 3.05) is 6.61 Å². The zero-order valence-corrected chi connectivity index (χ0v) is 10.6. The number of rotatable bonds is 8. The van der Waals surface area contributed by atoms with Gasteiger partial charge in [0, 0.05) is 12.3 Å². The molecule has 1 N–H and O–H groups in total. The summed E-state index contributed by atoms with van der Waals surface area (Å²) in [4.78, 5) is 11.9. The summed E-state index contributed by atoms with van der Waals surface area (Å²) in [5.74, 6) is 0.0449. The summed E-state index contributed by atoms with van der Waals surface area (Å²) < 4.78 is 0. The predicted molar refractivity (Wildman–Crippen MR) is 69.9 cm³/mol. The highest BCUT2D eigenvalue weighted by Crippen LogP contribution is 2.13. The highest BCUT2D eigenvalue weighted by molar-refractivity contribution is 5.81. The highest BCUT2D eigenvalue weighted by atomic mass is 16.3. The molecular formula is C15H22O2. The third kappa shape index (κ3) is 5.14. The van der Waals surface area contributed by atoms with Crippen LogP contribution < -0.4 is 0 Å². The maximum atomic E-state index is 11.9. The molecule has 0 amide bonds. The molecule has 0 aromatic heterocycles. The Labute approximate surface area is 104 Å². The van der Waals surface area contributed by atoms with Crippen molar-refractivity contribution in [3.05, 3.63) is 35.9 Å². The van der Waals surface area contributed by atoms with Crippen LogP contribution in [0.15, 0.2) is 30.3 Å². The standard InChI is InChI=1S/C15H22O2/c1-2-3-9-14(12-16)15(17)11-10-13-7-5-4-6-8-13/h4-8,14,16H,2-3,9-12H2,1H3. The molecule has 0 heterocycles. The first kappa shape index (κ1) is 13.9. The first-order valence-corrected chi connectivity index (χ1v) is 6.45. The third-order valence-corrected chi connectivity index (χ3v) is 3.08. The Hall–Kier alpha value is -1.15. The number of Topliss-reactive ketones (excluding diaryl/α,β-unsaturated/α-hetero) is 1. The number of aliphatic hydroxyl groups is 1. The summed E-state index contributed by atoms with van der Waals surface area (Å²) in [7, 11) is 0. The van der Waals surface area contributed by atoms with E-state index < -0.39 is 0 Å². The molecule has 2 heteroatoms. The molecule has 0 aliphatic heterocycles. The summed E-state index contributed by atoms with van der Waals surface area (Å²) in [5, 5.41) is 9.20. The predicted octanol–water partition coefficient (Wildman–Crippen LogP) is 2.99. The van der Waals surface area contributed by atoms with Crippen LogP contribution in [0.25, 0.3) is 0 Å². The maximum Gasteiger partial charge on any atom is 0.138 e. The monoisotopic (exact) mass is 234 g/mol. The SMILES string of the molecule is CCCCC(CO)C(=O)CCc1ccccc1. The van der Waals surface area contributed by atoms with E-state index in [1.165, 1.54) is 5.56 Å². The van der Waals surface area contributed by atoms with E-state index in [0.29, 0.717) is 6.42 Å². The van der Waals surface area contributed by atoms with Gasteiger partial charge in [-0.2, -0.15) is 0 Å². The van der Waals surface area contributed by atoms with Gasteiger partial charge in [-0.25, -0.2) is 0 Å². The van der Waals surface area contributed by atoms with Gasteiger partial charge in [0.2, 0.25) is 0 Å². The van der Waals surface area contributed by atoms with Crippen LogP contribution in [0, 0.1) is 5.92 Å². The van der Waals surface area contributed by atoms with E-state index in [4.69, 9.17) is 0 Å². The number of hydrogen-bond donors (Lipinski definition) is 1. The van der Waals surface area contributed by atoms with Gasteiger partial charge in [-0.05, 0) is 18.4 Å². The van der Waals surface area contributed by atoms with Crippen molar-refractivity contribution in [2.45, 2.75) is 39.0 Å². The van der Waals surface area contributed by atoms with E-state index in [-0.39, 0.29) is 18.3 Å². The van der Waals surface area contributed by atoms with Crippen molar-refractivity contribution >= 4 is 5.78 Å². The van der Waals surface area contributed by atoms with Crippen LogP contribution in [0.2, 0.25) is 0 Å². The summed E-state index contributed by atoms with van der Waals surface area (Å²) in [5.41, 5.74) is 1.19. The Balaban J connectivity index is 2.37. The highest BCUT2D eigenvalue weighted by Gasteiger charge is 2.16. The third-order valence-electron chi connectivity index (χ3n) is 3.08. The van der Waals surface area contributed by atoms with Gasteiger partial charge in [0.1, 0.15) is 5.78 Å². The topological polar surface area (TPSA) is 37.3 Å². The molecule has 1 aromatic rings. The van der Waals surface area contributed by atoms with Gasteiger partial charge in [0.25, 0.3) is 0 Å². The van der Waals surface area contributed by atoms with E-state index in [1.807, 2.05) is 30.3 Å². The molecule has 0 bridgehead atoms. The second-order valence-electron chi connectivity index (χ2n) is 4.47. The zero-order valence-electron chi connectivity index (χ0n) is 10.6. The van der Waals surface area contributed by atoms with Gasteiger partial charge in [0.15, 0.2) is 0 Å². The minimum Gasteiger partial charge on any atom is -0.396 e. The Morgan fingerprint density at radius 1 is 1.29 bits per heavy atom. The molecule has 0 radical (unpaired) electrons. The lowest BCUT2D eigenvalue weighted by Crippen LogP contribution is -2.19. The Kier molecular flexibility index (Phi) is 6.56. The second-order valence-corrected chi connectivity index (χ2v) is 4.47. The van der Waals surface area contributed by atoms with E-state index in [2.05, 4.69) is 6.92 Å². The zero-order chi connectivity index (χ0) is 12.5. The largest absolute Gasteiger partial charge is 0.396 e. The minimum absolute atomic E-state index is 0.00633. The summed E-state index contributed by atoms with van der Waals surface area (Å²) >= 11 is 0. The lowest BCUT2D eigenvalue weighted by molar-refractivity contribution is -0.124. The number of ketones is 1. The molecule has 0 saturated heterocycles. The Morgan fingerprint density at radius 2 is 2.00 bits per heavy atom. The van der Waals surface area contributed by atoms with Gasteiger partial charge in [-0.15, -0.1) is 0 Å². The number of unbranched alkanes of at least 4 members (excludes halogenated alkanes) is 1. The fourth-order valence-electron chi connectivity index (χ4n) is 1.92. The molecule has 17 heavy (non-hydrogen) atoms. The van der Waals surface area contributed by atoms with Gasteiger partial charge >= 0.3 is 0 Å². The smallest absolute Gasteiger partial charge is 0.138 e. The van der Waals surface area contributed by atoms with Crippen molar-refractivity contribution in [1.29, 1.82) is 0 Å². The normalized spacial score (nSPS) is 12.4. The van der Waals surface area contributed by atoms with Gasteiger partial charge in [-0.3, -0.25) is 4.79 Å². The first-order valence-electron chi connectivity index (χ1n) is 6.45. The number of benzene rings is 1. The van der Waals surface area contributed by atoms with Gasteiger partial charge in [-0.1, -0.05) is 50.1 Å². The molecule has 1 unspecified atom stereocenters. The molecule has 0 aliphatic carbocycles. The molecule has 1 aromatic carbocycles. The molecular weight excluding hydrogens is 212 g/mol. The van der Waals surface area contributed by atoms with E-state index in [1.54, 1.807) is 0 Å². The molecule has 94 valence electrons. The average Bonchev–Trinajstić information content (AvgIpc) is 2.38. The van der Waals surface area contributed by atoms with Crippen LogP contribution in [-0.2, 0) is 11.2 Å². The number of aliphatic hydroxyl groups excluding tert-OH is 1. The Morgan fingerprint density at radius 3 is 2.59 bits per heavy atom. The van der Waals surface area contributed by atoms with E-state index in [9.17, 15) is 9.90 Å². The average molecular weight is 234 g/mol. The fourth-order valence-corrected chi connectivity index (χ4v) is 1.92. The van der Waals surface area contributed by atoms with Crippen LogP contribution in [0.4, 0.5) is 0 Å². The number of hydrogen-bond acceptors (Lipinski definition) is 2. The van der Waals surface area contributed by atoms with Gasteiger partial charge < -0.3 is 5.11 Å². The van der Waals surface area contributed by atoms with Crippen LogP contribution in [-0.4, -0.2) is 17.5 Å². The maximum absolute atomic E-state index is 11.9. The number of carbonyl (C=O) groups excluding carboxylic acids is 1. The summed E-state index contributed by atoms with van der Waals surface area (Å²) in [6.07, 6.45) is 4.23. The first-order chi connectivity index (χ1) is 8.27. The van der Waals surface area contributed by atoms with Crippen LogP contribution in [0.1, 0.15) is 38.2 Å². The number of carbonyl (C=O) groups is 1. The van der Waals surface area contributed by atoms with Crippen LogP contribution in [0.5, 0.6) is 0 Å². The molecule has 2 nitrogen and oxygen atoms in total. The molecule has 1 rings (SSSR count). The van der Waals surface area contributed by atoms with Crippen LogP contribution >= 0.6 is 0 Å². The van der Waals surface area contributed by atoms with Crippen molar-refractivity contribution in [3.63, 3.8) is 0 Å². The molecule has 0 saturated carbocycles. The summed E-state index contributed by atoms with van der Waals surface area (Å²) in [6.45, 7) is 2.09. The quantitative estimate of drug-likeness (QED) is 0.750. The van der Waals surface area contributed by atoms with Crippen molar-refractivity contribution < 1.29 is 9.90 Å². The molecule has 1 atom stereocenters. The van der Waals surface area contributed by atoms with E-state index in [0.717, 1.165) is 25.7 Å². The fraction of sp³-hybridized carbons (Fsp3) is 0.533. The molecule has 0 aliphatic rings. The van der Waals surface area contributed by atoms with E-state index >= 15 is 0 Å². The molecule has 0 spiro atoms. The lowest BCUT2D eigenvalue weighted by atomic mass is 9.94. The summed E-state index contributed by atoms with van der Waals surface area (Å²) in [6, 6.07) is 10.0. The Bertz CT molecular complexity index is 319. The lowest BCUT2D eigenvalue weighted by Gasteiger charge is -2.12. The second kappa shape index (κ2) is 8.02. The molecule has 0 fully saturated rings. The van der Waals surface area contributed by atoms with Crippen molar-refractivity contribution in [1.82, 2.24) is 0 Å². The van der Waals surface area contributed by atoms with Gasteiger partial charge in [0.05, 0.1) is 6.61 Å². The van der Waals surface area contributed by atoms with Crippen molar-refractivity contribution in [2.24, 2.45) is 5.92 Å². The number of aryl methyl sites for hydroxylation is 1. The minimum atomic E-state index is -0.154.